The van der Waals surface area contributed by atoms with Gasteiger partial charge in [-0.05, 0) is 37.0 Å². The van der Waals surface area contributed by atoms with E-state index in [0.29, 0.717) is 17.8 Å². The maximum Gasteiger partial charge on any atom is 0.404 e. The molecular formula is C10H14N2O2. The molecule has 4 heteroatoms. The van der Waals surface area contributed by atoms with E-state index >= 15 is 0 Å². The Morgan fingerprint density at radius 1 is 1.50 bits per heavy atom. The summed E-state index contributed by atoms with van der Waals surface area (Å²) in [6.07, 6.45) is 3.94. The highest BCUT2D eigenvalue weighted by atomic mass is 16.4. The Kier molecular flexibility index (Phi) is 2.10. The molecule has 1 spiro atoms. The van der Waals surface area contributed by atoms with E-state index in [1.807, 2.05) is 0 Å². The van der Waals surface area contributed by atoms with Crippen molar-refractivity contribution in [2.75, 3.05) is 0 Å². The molecule has 0 unspecified atom stereocenters. The number of nitriles is 1. The van der Waals surface area contributed by atoms with Gasteiger partial charge in [0.05, 0.1) is 6.07 Å². The molecule has 0 aromatic heterocycles. The van der Waals surface area contributed by atoms with Crippen molar-refractivity contribution in [2.45, 2.75) is 38.1 Å². The average molecular weight is 194 g/mol. The molecule has 0 aliphatic heterocycles. The van der Waals surface area contributed by atoms with Crippen molar-refractivity contribution >= 4 is 6.09 Å². The fourth-order valence-electron chi connectivity index (χ4n) is 3.03. The first kappa shape index (κ1) is 9.32. The molecule has 0 aromatic carbocycles. The molecule has 0 heterocycles. The van der Waals surface area contributed by atoms with Gasteiger partial charge in [0.25, 0.3) is 0 Å². The van der Waals surface area contributed by atoms with Crippen molar-refractivity contribution in [1.29, 1.82) is 5.26 Å². The predicted molar refractivity (Wildman–Crippen MR) is 49.6 cm³/mol. The molecule has 0 aromatic rings. The second kappa shape index (κ2) is 3.16. The molecule has 2 aliphatic carbocycles. The van der Waals surface area contributed by atoms with E-state index in [1.54, 1.807) is 0 Å². The van der Waals surface area contributed by atoms with Gasteiger partial charge in [-0.1, -0.05) is 0 Å². The Morgan fingerprint density at radius 2 is 2.14 bits per heavy atom. The van der Waals surface area contributed by atoms with Gasteiger partial charge in [-0.3, -0.25) is 0 Å². The van der Waals surface area contributed by atoms with Crippen molar-refractivity contribution < 1.29 is 9.90 Å². The SMILES string of the molecule is N#CCC1CC2(C1)CC(NC(=O)O)C2. The zero-order valence-electron chi connectivity index (χ0n) is 7.99. The standard InChI is InChI=1S/C10H14N2O2/c11-2-1-7-3-10(4-7)5-8(6-10)12-9(13)14/h7-8,12H,1,3-6H2,(H,13,14). The van der Waals surface area contributed by atoms with Crippen molar-refractivity contribution in [3.05, 3.63) is 0 Å². The maximum absolute atomic E-state index is 10.3. The second-order valence-electron chi connectivity index (χ2n) is 4.69. The summed E-state index contributed by atoms with van der Waals surface area (Å²) in [4.78, 5) is 10.3. The Labute approximate surface area is 82.9 Å². The third-order valence-corrected chi connectivity index (χ3v) is 3.51. The van der Waals surface area contributed by atoms with Gasteiger partial charge in [0.1, 0.15) is 0 Å². The van der Waals surface area contributed by atoms with Crippen LogP contribution in [-0.4, -0.2) is 17.2 Å². The number of nitrogens with zero attached hydrogens (tertiary/aromatic N) is 1. The smallest absolute Gasteiger partial charge is 0.404 e. The largest absolute Gasteiger partial charge is 0.465 e. The van der Waals surface area contributed by atoms with Crippen LogP contribution in [0.5, 0.6) is 0 Å². The summed E-state index contributed by atoms with van der Waals surface area (Å²) in [7, 11) is 0. The van der Waals surface area contributed by atoms with Crippen molar-refractivity contribution in [3.63, 3.8) is 0 Å². The molecule has 2 aliphatic rings. The minimum atomic E-state index is -0.919. The lowest BCUT2D eigenvalue weighted by atomic mass is 9.49. The van der Waals surface area contributed by atoms with E-state index in [9.17, 15) is 4.79 Å². The van der Waals surface area contributed by atoms with E-state index in [0.717, 1.165) is 25.7 Å². The molecule has 4 nitrogen and oxygen atoms in total. The van der Waals surface area contributed by atoms with Crippen molar-refractivity contribution in [2.24, 2.45) is 11.3 Å². The number of hydrogen-bond acceptors (Lipinski definition) is 2. The highest BCUT2D eigenvalue weighted by Gasteiger charge is 2.52. The lowest BCUT2D eigenvalue weighted by molar-refractivity contribution is -0.0453. The Morgan fingerprint density at radius 3 is 2.64 bits per heavy atom. The summed E-state index contributed by atoms with van der Waals surface area (Å²) >= 11 is 0. The average Bonchev–Trinajstić information content (AvgIpc) is 1.95. The number of amides is 1. The molecule has 0 saturated heterocycles. The summed E-state index contributed by atoms with van der Waals surface area (Å²) in [6, 6.07) is 2.35. The Bertz CT molecular complexity index is 281. The molecule has 0 bridgehead atoms. The van der Waals surface area contributed by atoms with Crippen LogP contribution < -0.4 is 5.32 Å². The maximum atomic E-state index is 10.3. The van der Waals surface area contributed by atoms with Crippen LogP contribution in [0.3, 0.4) is 0 Å². The molecule has 1 amide bonds. The van der Waals surface area contributed by atoms with Gasteiger partial charge in [0.2, 0.25) is 0 Å². The van der Waals surface area contributed by atoms with Crippen LogP contribution in [0.15, 0.2) is 0 Å². The molecule has 0 radical (unpaired) electrons. The molecule has 0 atom stereocenters. The van der Waals surface area contributed by atoms with Gasteiger partial charge in [0, 0.05) is 12.5 Å². The van der Waals surface area contributed by atoms with E-state index in [4.69, 9.17) is 10.4 Å². The third-order valence-electron chi connectivity index (χ3n) is 3.51. The van der Waals surface area contributed by atoms with Crippen LogP contribution in [-0.2, 0) is 0 Å². The van der Waals surface area contributed by atoms with Crippen LogP contribution in [0.25, 0.3) is 0 Å². The van der Waals surface area contributed by atoms with Crippen LogP contribution in [0.2, 0.25) is 0 Å². The lowest BCUT2D eigenvalue weighted by Gasteiger charge is -2.57. The lowest BCUT2D eigenvalue weighted by Crippen LogP contribution is -2.55. The normalized spacial score (nSPS) is 39.4. The molecule has 76 valence electrons. The molecule has 2 saturated carbocycles. The minimum absolute atomic E-state index is 0.163. The summed E-state index contributed by atoms with van der Waals surface area (Å²) < 4.78 is 0. The highest BCUT2D eigenvalue weighted by molar-refractivity contribution is 5.65. The zero-order valence-corrected chi connectivity index (χ0v) is 7.99. The number of nitrogens with one attached hydrogen (secondary N) is 1. The van der Waals surface area contributed by atoms with E-state index in [1.165, 1.54) is 0 Å². The first-order valence-corrected chi connectivity index (χ1v) is 5.00. The van der Waals surface area contributed by atoms with Gasteiger partial charge >= 0.3 is 6.09 Å². The van der Waals surface area contributed by atoms with Crippen LogP contribution in [0.4, 0.5) is 4.79 Å². The van der Waals surface area contributed by atoms with Gasteiger partial charge < -0.3 is 10.4 Å². The van der Waals surface area contributed by atoms with Gasteiger partial charge in [0.15, 0.2) is 0 Å². The number of hydrogen-bond donors (Lipinski definition) is 2. The molecule has 14 heavy (non-hydrogen) atoms. The van der Waals surface area contributed by atoms with Crippen molar-refractivity contribution in [1.82, 2.24) is 5.32 Å². The van der Waals surface area contributed by atoms with E-state index in [-0.39, 0.29) is 6.04 Å². The van der Waals surface area contributed by atoms with E-state index < -0.39 is 6.09 Å². The molecular weight excluding hydrogens is 180 g/mol. The second-order valence-corrected chi connectivity index (χ2v) is 4.69. The quantitative estimate of drug-likeness (QED) is 0.703. The minimum Gasteiger partial charge on any atom is -0.465 e. The number of carboxylic acid groups (broad SMARTS) is 1. The summed E-state index contributed by atoms with van der Waals surface area (Å²) in [5.74, 6) is 0.575. The van der Waals surface area contributed by atoms with Gasteiger partial charge in [-0.15, -0.1) is 0 Å². The highest BCUT2D eigenvalue weighted by Crippen LogP contribution is 2.59. The molecule has 2 N–H and O–H groups in total. The zero-order chi connectivity index (χ0) is 10.2. The monoisotopic (exact) mass is 194 g/mol. The third kappa shape index (κ3) is 1.54. The predicted octanol–water partition coefficient (Wildman–Crippen LogP) is 1.73. The van der Waals surface area contributed by atoms with Gasteiger partial charge in [-0.25, -0.2) is 4.79 Å². The summed E-state index contributed by atoms with van der Waals surface area (Å²) in [6.45, 7) is 0. The van der Waals surface area contributed by atoms with Crippen molar-refractivity contribution in [3.8, 4) is 6.07 Å². The first-order chi connectivity index (χ1) is 6.63. The van der Waals surface area contributed by atoms with Crippen LogP contribution in [0, 0.1) is 22.7 Å². The number of carbonyl (C=O) groups is 1. The van der Waals surface area contributed by atoms with E-state index in [2.05, 4.69) is 11.4 Å². The fraction of sp³-hybridized carbons (Fsp3) is 0.800. The Balaban J connectivity index is 1.69. The summed E-state index contributed by atoms with van der Waals surface area (Å²) in [5, 5.41) is 19.5. The topological polar surface area (TPSA) is 73.1 Å². The summed E-state index contributed by atoms with van der Waals surface area (Å²) in [5.41, 5.74) is 0.397. The molecule has 2 rings (SSSR count). The number of rotatable bonds is 2. The molecule has 2 fully saturated rings. The first-order valence-electron chi connectivity index (χ1n) is 5.00. The van der Waals surface area contributed by atoms with Gasteiger partial charge in [-0.2, -0.15) is 5.26 Å². The Hall–Kier alpha value is -1.24. The van der Waals surface area contributed by atoms with Crippen LogP contribution in [0.1, 0.15) is 32.1 Å². The fourth-order valence-corrected chi connectivity index (χ4v) is 3.03. The van der Waals surface area contributed by atoms with Crippen LogP contribution >= 0.6 is 0 Å².